The molecule has 2 atom stereocenters. The molecule has 6 heteroatoms. The summed E-state index contributed by atoms with van der Waals surface area (Å²) in [6.07, 6.45) is 3.67. The average molecular weight is 390 g/mol. The number of likely N-dealkylation sites (tertiary alicyclic amines) is 1. The van der Waals surface area contributed by atoms with E-state index < -0.39 is 5.67 Å². The van der Waals surface area contributed by atoms with Gasteiger partial charge in [0.15, 0.2) is 0 Å². The van der Waals surface area contributed by atoms with Crippen LogP contribution in [0.4, 0.5) is 9.18 Å². The quantitative estimate of drug-likeness (QED) is 0.785. The molecule has 2 saturated heterocycles. The highest BCUT2D eigenvalue weighted by atomic mass is 19.1. The predicted molar refractivity (Wildman–Crippen MR) is 107 cm³/mol. The van der Waals surface area contributed by atoms with Gasteiger partial charge in [0.25, 0.3) is 0 Å². The zero-order valence-electron chi connectivity index (χ0n) is 16.5. The van der Waals surface area contributed by atoms with Crippen molar-refractivity contribution in [2.75, 3.05) is 39.3 Å². The molecule has 3 aliphatic rings. The van der Waals surface area contributed by atoms with Crippen molar-refractivity contribution < 1.29 is 13.9 Å². The van der Waals surface area contributed by atoms with E-state index in [1.165, 1.54) is 5.56 Å². The van der Waals surface area contributed by atoms with Crippen molar-refractivity contribution in [3.63, 3.8) is 0 Å². The SMILES string of the molecule is O=C(OCC1CCNCC1)N1CCC(F)(CNC2CC2c2ccccc2)CC1. The van der Waals surface area contributed by atoms with Crippen LogP contribution in [-0.2, 0) is 4.74 Å². The minimum absolute atomic E-state index is 0.278. The van der Waals surface area contributed by atoms with Gasteiger partial charge in [-0.25, -0.2) is 9.18 Å². The summed E-state index contributed by atoms with van der Waals surface area (Å²) in [7, 11) is 0. The third-order valence-electron chi connectivity index (χ3n) is 6.52. The number of rotatable bonds is 6. The number of alkyl halides is 1. The van der Waals surface area contributed by atoms with E-state index in [9.17, 15) is 4.79 Å². The molecule has 2 N–H and O–H groups in total. The summed E-state index contributed by atoms with van der Waals surface area (Å²) in [6.45, 7) is 3.73. The van der Waals surface area contributed by atoms with E-state index in [1.54, 1.807) is 4.90 Å². The van der Waals surface area contributed by atoms with Crippen LogP contribution in [0.2, 0.25) is 0 Å². The summed E-state index contributed by atoms with van der Waals surface area (Å²) in [5.41, 5.74) is 0.106. The van der Waals surface area contributed by atoms with Gasteiger partial charge in [-0.05, 0) is 43.8 Å². The van der Waals surface area contributed by atoms with Gasteiger partial charge >= 0.3 is 6.09 Å². The molecule has 3 fully saturated rings. The van der Waals surface area contributed by atoms with Gasteiger partial charge in [-0.1, -0.05) is 30.3 Å². The van der Waals surface area contributed by atoms with E-state index in [-0.39, 0.29) is 6.09 Å². The fourth-order valence-electron chi connectivity index (χ4n) is 4.40. The van der Waals surface area contributed by atoms with Crippen LogP contribution in [0.15, 0.2) is 30.3 Å². The number of halogens is 1. The second kappa shape index (κ2) is 8.78. The highest BCUT2D eigenvalue weighted by molar-refractivity contribution is 5.67. The van der Waals surface area contributed by atoms with Crippen LogP contribution in [0.3, 0.4) is 0 Å². The lowest BCUT2D eigenvalue weighted by Gasteiger charge is -2.36. The third-order valence-corrected chi connectivity index (χ3v) is 6.52. The van der Waals surface area contributed by atoms with Gasteiger partial charge in [0, 0.05) is 44.4 Å². The van der Waals surface area contributed by atoms with Gasteiger partial charge in [0.2, 0.25) is 0 Å². The second-order valence-electron chi connectivity index (χ2n) is 8.65. The van der Waals surface area contributed by atoms with E-state index >= 15 is 4.39 Å². The number of hydrogen-bond donors (Lipinski definition) is 2. The Morgan fingerprint density at radius 3 is 2.64 bits per heavy atom. The zero-order valence-corrected chi connectivity index (χ0v) is 16.5. The Bertz CT molecular complexity index is 642. The Morgan fingerprint density at radius 1 is 1.21 bits per heavy atom. The first-order valence-corrected chi connectivity index (χ1v) is 10.7. The molecule has 4 rings (SSSR count). The Hall–Kier alpha value is -1.66. The molecule has 2 unspecified atom stereocenters. The van der Waals surface area contributed by atoms with Crippen LogP contribution in [0, 0.1) is 5.92 Å². The number of benzene rings is 1. The molecule has 0 aromatic heterocycles. The number of nitrogens with zero attached hydrogens (tertiary/aromatic N) is 1. The Kier molecular flexibility index (Phi) is 6.16. The first-order chi connectivity index (χ1) is 13.6. The van der Waals surface area contributed by atoms with E-state index in [4.69, 9.17) is 4.74 Å². The van der Waals surface area contributed by atoms with Gasteiger partial charge in [0.05, 0.1) is 6.61 Å². The lowest BCUT2D eigenvalue weighted by molar-refractivity contribution is 0.0362. The van der Waals surface area contributed by atoms with E-state index in [0.717, 1.165) is 32.4 Å². The monoisotopic (exact) mass is 389 g/mol. The van der Waals surface area contributed by atoms with Gasteiger partial charge in [-0.15, -0.1) is 0 Å². The maximum absolute atomic E-state index is 15.2. The largest absolute Gasteiger partial charge is 0.449 e. The van der Waals surface area contributed by atoms with Crippen LogP contribution in [0.25, 0.3) is 0 Å². The first-order valence-electron chi connectivity index (χ1n) is 10.7. The Balaban J connectivity index is 1.15. The highest BCUT2D eigenvalue weighted by Gasteiger charge is 2.42. The number of carbonyl (C=O) groups excluding carboxylic acids is 1. The average Bonchev–Trinajstić information content (AvgIpc) is 3.53. The molecule has 0 spiro atoms. The molecule has 1 amide bonds. The fraction of sp³-hybridized carbons (Fsp3) is 0.682. The molecule has 2 aliphatic heterocycles. The molecule has 154 valence electrons. The summed E-state index contributed by atoms with van der Waals surface area (Å²) < 4.78 is 20.6. The normalized spacial score (nSPS) is 27.4. The molecule has 1 aromatic rings. The molecule has 0 radical (unpaired) electrons. The maximum Gasteiger partial charge on any atom is 0.409 e. The lowest BCUT2D eigenvalue weighted by Crippen LogP contribution is -2.49. The molecule has 2 heterocycles. The van der Waals surface area contributed by atoms with Crippen molar-refractivity contribution >= 4 is 6.09 Å². The van der Waals surface area contributed by atoms with Crippen molar-refractivity contribution in [2.45, 2.75) is 49.7 Å². The van der Waals surface area contributed by atoms with Crippen molar-refractivity contribution in [3.8, 4) is 0 Å². The van der Waals surface area contributed by atoms with Crippen LogP contribution < -0.4 is 10.6 Å². The van der Waals surface area contributed by atoms with E-state index in [0.29, 0.717) is 57.0 Å². The second-order valence-corrected chi connectivity index (χ2v) is 8.65. The van der Waals surface area contributed by atoms with Crippen LogP contribution in [-0.4, -0.2) is 62.0 Å². The molecule has 28 heavy (non-hydrogen) atoms. The molecular formula is C22H32FN3O2. The molecule has 1 aliphatic carbocycles. The molecule has 1 saturated carbocycles. The van der Waals surface area contributed by atoms with Crippen LogP contribution in [0.5, 0.6) is 0 Å². The van der Waals surface area contributed by atoms with Crippen LogP contribution in [0.1, 0.15) is 43.6 Å². The smallest absolute Gasteiger partial charge is 0.409 e. The lowest BCUT2D eigenvalue weighted by atomic mass is 9.93. The summed E-state index contributed by atoms with van der Waals surface area (Å²) in [4.78, 5) is 13.9. The fourth-order valence-corrected chi connectivity index (χ4v) is 4.40. The third kappa shape index (κ3) is 5.03. The molecule has 5 nitrogen and oxygen atoms in total. The standard InChI is InChI=1S/C22H32FN3O2/c23-22(16-25-20-14-19(20)18-4-2-1-3-5-18)8-12-26(13-9-22)21(27)28-15-17-6-10-24-11-7-17/h1-5,17,19-20,24-25H,6-16H2. The molecule has 1 aromatic carbocycles. The van der Waals surface area contributed by atoms with E-state index in [1.807, 2.05) is 6.07 Å². The first kappa shape index (κ1) is 19.6. The minimum atomic E-state index is -1.23. The van der Waals surface area contributed by atoms with Crippen molar-refractivity contribution in [3.05, 3.63) is 35.9 Å². The number of carbonyl (C=O) groups is 1. The summed E-state index contributed by atoms with van der Waals surface area (Å²) in [5.74, 6) is 0.963. The van der Waals surface area contributed by atoms with E-state index in [2.05, 4.69) is 34.9 Å². The Morgan fingerprint density at radius 2 is 1.93 bits per heavy atom. The van der Waals surface area contributed by atoms with Gasteiger partial charge < -0.3 is 20.3 Å². The predicted octanol–water partition coefficient (Wildman–Crippen LogP) is 3.07. The molecular weight excluding hydrogens is 357 g/mol. The zero-order chi connectivity index (χ0) is 19.4. The van der Waals surface area contributed by atoms with Crippen molar-refractivity contribution in [2.24, 2.45) is 5.92 Å². The topological polar surface area (TPSA) is 53.6 Å². The van der Waals surface area contributed by atoms with Crippen molar-refractivity contribution in [1.82, 2.24) is 15.5 Å². The number of nitrogens with one attached hydrogen (secondary N) is 2. The summed E-state index contributed by atoms with van der Waals surface area (Å²) >= 11 is 0. The number of ether oxygens (including phenoxy) is 1. The number of hydrogen-bond acceptors (Lipinski definition) is 4. The van der Waals surface area contributed by atoms with Crippen LogP contribution >= 0.6 is 0 Å². The maximum atomic E-state index is 15.2. The summed E-state index contributed by atoms with van der Waals surface area (Å²) in [6, 6.07) is 10.8. The highest BCUT2D eigenvalue weighted by Crippen LogP contribution is 2.41. The van der Waals surface area contributed by atoms with Gasteiger partial charge in [-0.2, -0.15) is 0 Å². The Labute approximate surface area is 167 Å². The van der Waals surface area contributed by atoms with Gasteiger partial charge in [0.1, 0.15) is 5.67 Å². The molecule has 0 bridgehead atoms. The number of amides is 1. The summed E-state index contributed by atoms with van der Waals surface area (Å²) in [5, 5.41) is 6.72. The minimum Gasteiger partial charge on any atom is -0.449 e. The number of piperidine rings is 2. The van der Waals surface area contributed by atoms with Gasteiger partial charge in [-0.3, -0.25) is 0 Å². The van der Waals surface area contributed by atoms with Crippen molar-refractivity contribution in [1.29, 1.82) is 0 Å².